The van der Waals surface area contributed by atoms with Gasteiger partial charge < -0.3 is 19.7 Å². The van der Waals surface area contributed by atoms with Crippen LogP contribution in [0.25, 0.3) is 0 Å². The number of rotatable bonds is 3. The molecule has 0 bridgehead atoms. The van der Waals surface area contributed by atoms with Gasteiger partial charge in [-0.1, -0.05) is 6.07 Å². The molecule has 4 rings (SSSR count). The van der Waals surface area contributed by atoms with Gasteiger partial charge in [-0.3, -0.25) is 0 Å². The van der Waals surface area contributed by atoms with Gasteiger partial charge in [0.1, 0.15) is 0 Å². The highest BCUT2D eigenvalue weighted by Crippen LogP contribution is 2.55. The fraction of sp³-hybridized carbons (Fsp3) is 0.684. The molecule has 0 radical (unpaired) electrons. The van der Waals surface area contributed by atoms with Crippen molar-refractivity contribution in [2.24, 2.45) is 5.41 Å². The fourth-order valence-electron chi connectivity index (χ4n) is 5.19. The highest BCUT2D eigenvalue weighted by molar-refractivity contribution is 5.46. The normalized spacial score (nSPS) is 32.4. The molecule has 1 aromatic carbocycles. The van der Waals surface area contributed by atoms with Crippen LogP contribution in [0.2, 0.25) is 0 Å². The van der Waals surface area contributed by atoms with Crippen molar-refractivity contribution in [3.8, 4) is 11.5 Å². The molecule has 1 N–H and O–H groups in total. The third-order valence-electron chi connectivity index (χ3n) is 6.77. The molecule has 2 aliphatic heterocycles. The third kappa shape index (κ3) is 2.18. The highest BCUT2D eigenvalue weighted by Gasteiger charge is 2.55. The fourth-order valence-corrected chi connectivity index (χ4v) is 5.19. The summed E-state index contributed by atoms with van der Waals surface area (Å²) < 4.78 is 11.0. The van der Waals surface area contributed by atoms with E-state index in [4.69, 9.17) is 9.47 Å². The molecule has 1 aliphatic carbocycles. The minimum atomic E-state index is 0.287. The molecule has 2 unspecified atom stereocenters. The Morgan fingerprint density at radius 1 is 1.09 bits per heavy atom. The quantitative estimate of drug-likeness (QED) is 0.928. The summed E-state index contributed by atoms with van der Waals surface area (Å²) >= 11 is 0. The molecule has 0 amide bonds. The topological polar surface area (TPSA) is 33.7 Å². The zero-order valence-corrected chi connectivity index (χ0v) is 14.5. The first-order valence-corrected chi connectivity index (χ1v) is 8.76. The van der Waals surface area contributed by atoms with Gasteiger partial charge in [0.2, 0.25) is 0 Å². The second kappa shape index (κ2) is 5.38. The zero-order chi connectivity index (χ0) is 16.1. The molecule has 1 spiro atoms. The van der Waals surface area contributed by atoms with E-state index in [1.54, 1.807) is 14.2 Å². The van der Waals surface area contributed by atoms with Crippen molar-refractivity contribution in [1.29, 1.82) is 0 Å². The number of nitrogens with zero attached hydrogens (tertiary/aromatic N) is 1. The minimum Gasteiger partial charge on any atom is -0.493 e. The van der Waals surface area contributed by atoms with Crippen LogP contribution in [-0.4, -0.2) is 51.8 Å². The minimum absolute atomic E-state index is 0.287. The summed E-state index contributed by atoms with van der Waals surface area (Å²) in [5.74, 6) is 1.68. The third-order valence-corrected chi connectivity index (χ3v) is 6.77. The molecule has 1 aromatic rings. The van der Waals surface area contributed by atoms with Gasteiger partial charge in [-0.15, -0.1) is 0 Å². The summed E-state index contributed by atoms with van der Waals surface area (Å²) in [6.45, 7) is 3.61. The van der Waals surface area contributed by atoms with Crippen molar-refractivity contribution in [3.63, 3.8) is 0 Å². The largest absolute Gasteiger partial charge is 0.493 e. The Morgan fingerprint density at radius 3 is 2.52 bits per heavy atom. The molecular weight excluding hydrogens is 288 g/mol. The van der Waals surface area contributed by atoms with Gasteiger partial charge >= 0.3 is 0 Å². The number of benzene rings is 1. The Labute approximate surface area is 139 Å². The number of likely N-dealkylation sites (tertiary alicyclic amines) is 1. The summed E-state index contributed by atoms with van der Waals surface area (Å²) in [5.41, 5.74) is 2.28. The van der Waals surface area contributed by atoms with E-state index in [0.717, 1.165) is 11.5 Å². The maximum atomic E-state index is 5.56. The standard InChI is InChI=1S/C19H28N2O2/c1-21-9-8-19(7-6-18(11-17(19)21)12-20-13-18)14-4-5-15(22-2)16(10-14)23-3/h4-5,10,17,20H,6-9,11-13H2,1-3H3. The molecule has 2 atom stereocenters. The van der Waals surface area contributed by atoms with Crippen molar-refractivity contribution in [1.82, 2.24) is 10.2 Å². The molecule has 2 heterocycles. The number of nitrogens with one attached hydrogen (secondary N) is 1. The van der Waals surface area contributed by atoms with Crippen molar-refractivity contribution in [3.05, 3.63) is 23.8 Å². The molecule has 3 fully saturated rings. The second-order valence-corrected chi connectivity index (χ2v) is 7.78. The number of methoxy groups -OCH3 is 2. The molecule has 126 valence electrons. The Balaban J connectivity index is 1.71. The lowest BCUT2D eigenvalue weighted by molar-refractivity contribution is 0.0277. The highest BCUT2D eigenvalue weighted by atomic mass is 16.5. The van der Waals surface area contributed by atoms with Crippen LogP contribution in [0.4, 0.5) is 0 Å². The molecule has 2 saturated heterocycles. The monoisotopic (exact) mass is 316 g/mol. The first-order valence-electron chi connectivity index (χ1n) is 8.76. The summed E-state index contributed by atoms with van der Waals surface area (Å²) in [7, 11) is 5.74. The van der Waals surface area contributed by atoms with Gasteiger partial charge in [0.25, 0.3) is 0 Å². The van der Waals surface area contributed by atoms with E-state index < -0.39 is 0 Å². The maximum Gasteiger partial charge on any atom is 0.161 e. The maximum absolute atomic E-state index is 5.56. The van der Waals surface area contributed by atoms with E-state index >= 15 is 0 Å². The van der Waals surface area contributed by atoms with Crippen LogP contribution in [0, 0.1) is 5.41 Å². The van der Waals surface area contributed by atoms with Crippen molar-refractivity contribution >= 4 is 0 Å². The van der Waals surface area contributed by atoms with E-state index in [9.17, 15) is 0 Å². The van der Waals surface area contributed by atoms with Crippen LogP contribution in [0.1, 0.15) is 31.2 Å². The smallest absolute Gasteiger partial charge is 0.161 e. The molecule has 0 aromatic heterocycles. The van der Waals surface area contributed by atoms with E-state index in [1.165, 1.54) is 50.9 Å². The van der Waals surface area contributed by atoms with Crippen LogP contribution in [-0.2, 0) is 5.41 Å². The lowest BCUT2D eigenvalue weighted by atomic mass is 9.57. The van der Waals surface area contributed by atoms with E-state index in [-0.39, 0.29) is 5.41 Å². The van der Waals surface area contributed by atoms with Crippen molar-refractivity contribution < 1.29 is 9.47 Å². The first-order chi connectivity index (χ1) is 11.1. The SMILES string of the molecule is COc1ccc(C23CCN(C)C2CC2(CC3)CNC2)cc1OC. The lowest BCUT2D eigenvalue weighted by Crippen LogP contribution is -2.61. The van der Waals surface area contributed by atoms with Crippen LogP contribution in [0.15, 0.2) is 18.2 Å². The summed E-state index contributed by atoms with van der Waals surface area (Å²) in [4.78, 5) is 2.59. The van der Waals surface area contributed by atoms with Crippen LogP contribution < -0.4 is 14.8 Å². The average Bonchev–Trinajstić information content (AvgIpc) is 2.90. The summed E-state index contributed by atoms with van der Waals surface area (Å²) in [5, 5.41) is 3.50. The number of hydrogen-bond donors (Lipinski definition) is 1. The van der Waals surface area contributed by atoms with Gasteiger partial charge in [0, 0.05) is 24.5 Å². The number of fused-ring (bicyclic) bond motifs is 1. The second-order valence-electron chi connectivity index (χ2n) is 7.78. The molecule has 1 saturated carbocycles. The van der Waals surface area contributed by atoms with Gasteiger partial charge in [-0.05, 0) is 62.4 Å². The Hall–Kier alpha value is -1.26. The summed E-state index contributed by atoms with van der Waals surface area (Å²) in [6.07, 6.45) is 5.22. The molecular formula is C19H28N2O2. The lowest BCUT2D eigenvalue weighted by Gasteiger charge is -2.54. The van der Waals surface area contributed by atoms with Crippen molar-refractivity contribution in [2.45, 2.75) is 37.1 Å². The molecule has 4 nitrogen and oxygen atoms in total. The van der Waals surface area contributed by atoms with Crippen molar-refractivity contribution in [2.75, 3.05) is 40.9 Å². The Morgan fingerprint density at radius 2 is 1.87 bits per heavy atom. The predicted octanol–water partition coefficient (Wildman–Crippen LogP) is 2.42. The van der Waals surface area contributed by atoms with E-state index in [1.807, 2.05) is 0 Å². The van der Waals surface area contributed by atoms with E-state index in [0.29, 0.717) is 11.5 Å². The predicted molar refractivity (Wildman–Crippen MR) is 91.4 cm³/mol. The molecule has 23 heavy (non-hydrogen) atoms. The molecule has 4 heteroatoms. The summed E-state index contributed by atoms with van der Waals surface area (Å²) in [6, 6.07) is 7.22. The van der Waals surface area contributed by atoms with Gasteiger partial charge in [-0.25, -0.2) is 0 Å². The number of hydrogen-bond acceptors (Lipinski definition) is 4. The Bertz CT molecular complexity index is 599. The Kier molecular flexibility index (Phi) is 3.58. The van der Waals surface area contributed by atoms with Crippen LogP contribution >= 0.6 is 0 Å². The van der Waals surface area contributed by atoms with Crippen LogP contribution in [0.3, 0.4) is 0 Å². The van der Waals surface area contributed by atoms with Gasteiger partial charge in [-0.2, -0.15) is 0 Å². The first kappa shape index (κ1) is 15.3. The number of ether oxygens (including phenoxy) is 2. The zero-order valence-electron chi connectivity index (χ0n) is 14.5. The van der Waals surface area contributed by atoms with Crippen LogP contribution in [0.5, 0.6) is 11.5 Å². The van der Waals surface area contributed by atoms with Gasteiger partial charge in [0.15, 0.2) is 11.5 Å². The average molecular weight is 316 g/mol. The van der Waals surface area contributed by atoms with E-state index in [2.05, 4.69) is 35.5 Å². The molecule has 3 aliphatic rings. The van der Waals surface area contributed by atoms with Gasteiger partial charge in [0.05, 0.1) is 14.2 Å². The number of likely N-dealkylation sites (N-methyl/N-ethyl adjacent to an activating group) is 1.